The molecule has 2 aliphatic heterocycles. The average molecular weight is 401 g/mol. The predicted octanol–water partition coefficient (Wildman–Crippen LogP) is 2.55. The van der Waals surface area contributed by atoms with Crippen molar-refractivity contribution in [1.82, 2.24) is 4.90 Å². The van der Waals surface area contributed by atoms with E-state index in [9.17, 15) is 14.7 Å². The van der Waals surface area contributed by atoms with Gasteiger partial charge in [0.1, 0.15) is 6.17 Å². The monoisotopic (exact) mass is 401 g/mol. The maximum atomic E-state index is 13.3. The minimum atomic E-state index is -1.24. The fourth-order valence-electron chi connectivity index (χ4n) is 3.76. The highest BCUT2D eigenvalue weighted by Crippen LogP contribution is 2.36. The molecule has 0 saturated carbocycles. The van der Waals surface area contributed by atoms with Gasteiger partial charge in [-0.25, -0.2) is 0 Å². The minimum Gasteiger partial charge on any atom is -0.545 e. The zero-order chi connectivity index (χ0) is 20.7. The fraction of sp³-hybridized carbons (Fsp3) is 0.130. The van der Waals surface area contributed by atoms with E-state index in [2.05, 4.69) is 5.32 Å². The summed E-state index contributed by atoms with van der Waals surface area (Å²) < 4.78 is 10.8. The molecule has 1 amide bonds. The van der Waals surface area contributed by atoms with Crippen molar-refractivity contribution in [1.29, 1.82) is 0 Å². The van der Waals surface area contributed by atoms with Crippen LogP contribution in [-0.4, -0.2) is 23.6 Å². The predicted molar refractivity (Wildman–Crippen MR) is 106 cm³/mol. The Morgan fingerprint density at radius 3 is 2.60 bits per heavy atom. The molecule has 5 rings (SSSR count). The van der Waals surface area contributed by atoms with Crippen LogP contribution in [0, 0.1) is 0 Å². The number of para-hydroxylation sites is 1. The lowest BCUT2D eigenvalue weighted by molar-refractivity contribution is -0.255. The molecule has 30 heavy (non-hydrogen) atoms. The zero-order valence-corrected chi connectivity index (χ0v) is 15.8. The normalized spacial score (nSPS) is 16.7. The van der Waals surface area contributed by atoms with Gasteiger partial charge in [0.25, 0.3) is 5.91 Å². The Bertz CT molecular complexity index is 1140. The van der Waals surface area contributed by atoms with Crippen molar-refractivity contribution >= 4 is 17.6 Å². The average Bonchev–Trinajstić information content (AvgIpc) is 3.23. The first-order chi connectivity index (χ1) is 14.6. The molecular weight excluding hydrogens is 384 g/mol. The third-order valence-electron chi connectivity index (χ3n) is 5.27. The summed E-state index contributed by atoms with van der Waals surface area (Å²) in [5, 5.41) is 14.5. The van der Waals surface area contributed by atoms with E-state index in [-0.39, 0.29) is 18.3 Å². The van der Waals surface area contributed by atoms with E-state index in [0.29, 0.717) is 23.6 Å². The summed E-state index contributed by atoms with van der Waals surface area (Å²) in [6.45, 7) is 0.521. The van der Waals surface area contributed by atoms with E-state index < -0.39 is 12.1 Å². The van der Waals surface area contributed by atoms with Crippen LogP contribution < -0.4 is 19.9 Å². The van der Waals surface area contributed by atoms with E-state index in [0.717, 1.165) is 16.8 Å². The van der Waals surface area contributed by atoms with Crippen LogP contribution in [0.25, 0.3) is 0 Å². The highest BCUT2D eigenvalue weighted by molar-refractivity contribution is 6.01. The summed E-state index contributed by atoms with van der Waals surface area (Å²) in [5.41, 5.74) is 3.07. The molecule has 1 N–H and O–H groups in total. The lowest BCUT2D eigenvalue weighted by Gasteiger charge is -2.38. The number of ether oxygens (including phenoxy) is 2. The standard InChI is InChI=1S/C23H18N2O5/c26-22-17-3-1-2-4-18(17)24-21(15-6-8-16(9-7-15)23(27)28)25(22)12-14-5-10-19-20(11-14)30-13-29-19/h1-11,21,24H,12-13H2,(H,27,28)/p-1/t21-/m1/s1. The Morgan fingerprint density at radius 1 is 1.03 bits per heavy atom. The number of carbonyl (C=O) groups excluding carboxylic acids is 2. The highest BCUT2D eigenvalue weighted by Gasteiger charge is 2.33. The second-order valence-corrected chi connectivity index (χ2v) is 7.12. The number of fused-ring (bicyclic) bond motifs is 2. The molecule has 0 radical (unpaired) electrons. The van der Waals surface area contributed by atoms with Gasteiger partial charge in [0.2, 0.25) is 6.79 Å². The van der Waals surface area contributed by atoms with E-state index in [1.54, 1.807) is 23.1 Å². The Morgan fingerprint density at radius 2 is 1.80 bits per heavy atom. The maximum Gasteiger partial charge on any atom is 0.258 e. The lowest BCUT2D eigenvalue weighted by atomic mass is 10.0. The number of hydrogen-bond acceptors (Lipinski definition) is 6. The molecule has 0 aliphatic carbocycles. The molecule has 0 aromatic heterocycles. The molecule has 0 fully saturated rings. The molecule has 7 heteroatoms. The Kier molecular flexibility index (Phi) is 4.28. The molecule has 0 unspecified atom stereocenters. The molecule has 7 nitrogen and oxygen atoms in total. The first-order valence-electron chi connectivity index (χ1n) is 9.46. The van der Waals surface area contributed by atoms with Crippen LogP contribution in [0.5, 0.6) is 11.5 Å². The van der Waals surface area contributed by atoms with E-state index >= 15 is 0 Å². The van der Waals surface area contributed by atoms with Crippen molar-refractivity contribution < 1.29 is 24.2 Å². The summed E-state index contributed by atoms with van der Waals surface area (Å²) in [5.74, 6) is -0.0189. The summed E-state index contributed by atoms with van der Waals surface area (Å²) >= 11 is 0. The number of carbonyl (C=O) groups is 2. The van der Waals surface area contributed by atoms with Crippen molar-refractivity contribution in [2.75, 3.05) is 12.1 Å². The van der Waals surface area contributed by atoms with Crippen LogP contribution in [0.2, 0.25) is 0 Å². The molecular formula is C23H17N2O5-. The summed E-state index contributed by atoms with van der Waals surface area (Å²) in [7, 11) is 0. The number of nitrogens with zero attached hydrogens (tertiary/aromatic N) is 1. The number of nitrogens with one attached hydrogen (secondary N) is 1. The van der Waals surface area contributed by atoms with Gasteiger partial charge in [-0.1, -0.05) is 42.5 Å². The number of aromatic carboxylic acids is 1. The first kappa shape index (κ1) is 18.1. The molecule has 0 bridgehead atoms. The van der Waals surface area contributed by atoms with E-state index in [4.69, 9.17) is 9.47 Å². The van der Waals surface area contributed by atoms with Crippen LogP contribution in [0.1, 0.15) is 38.0 Å². The summed E-state index contributed by atoms with van der Waals surface area (Å²) in [4.78, 5) is 26.1. The Balaban J connectivity index is 1.52. The number of rotatable bonds is 4. The highest BCUT2D eigenvalue weighted by atomic mass is 16.7. The molecule has 0 spiro atoms. The molecule has 3 aromatic rings. The van der Waals surface area contributed by atoms with Crippen molar-refractivity contribution in [3.63, 3.8) is 0 Å². The SMILES string of the molecule is O=C([O-])c1ccc([C@@H]2Nc3ccccc3C(=O)N2Cc2ccc3c(c2)OCO3)cc1. The zero-order valence-electron chi connectivity index (χ0n) is 15.8. The third-order valence-corrected chi connectivity index (χ3v) is 5.27. The number of hydrogen-bond donors (Lipinski definition) is 1. The third kappa shape index (κ3) is 3.10. The van der Waals surface area contributed by atoms with Gasteiger partial charge >= 0.3 is 0 Å². The largest absolute Gasteiger partial charge is 0.545 e. The number of benzene rings is 3. The molecule has 3 aromatic carbocycles. The molecule has 2 aliphatic rings. The lowest BCUT2D eigenvalue weighted by Crippen LogP contribution is -2.42. The van der Waals surface area contributed by atoms with E-state index in [1.165, 1.54) is 12.1 Å². The fourth-order valence-corrected chi connectivity index (χ4v) is 3.76. The van der Waals surface area contributed by atoms with Gasteiger partial charge in [-0.2, -0.15) is 0 Å². The number of carboxylic acid groups (broad SMARTS) is 1. The van der Waals surface area contributed by atoms with Crippen LogP contribution in [0.4, 0.5) is 5.69 Å². The van der Waals surface area contributed by atoms with Gasteiger partial charge in [0.15, 0.2) is 11.5 Å². The van der Waals surface area contributed by atoms with Crippen molar-refractivity contribution in [2.45, 2.75) is 12.7 Å². The Hall–Kier alpha value is -4.00. The summed E-state index contributed by atoms with van der Waals surface area (Å²) in [6.07, 6.45) is -0.464. The molecule has 0 saturated heterocycles. The quantitative estimate of drug-likeness (QED) is 0.723. The minimum absolute atomic E-state index is 0.0867. The van der Waals surface area contributed by atoms with Gasteiger partial charge < -0.3 is 29.6 Å². The molecule has 150 valence electrons. The molecule has 2 heterocycles. The van der Waals surface area contributed by atoms with Gasteiger partial charge in [0.05, 0.1) is 11.5 Å². The second-order valence-electron chi connectivity index (χ2n) is 7.12. The maximum absolute atomic E-state index is 13.3. The number of amides is 1. The number of anilines is 1. The van der Waals surface area contributed by atoms with Crippen LogP contribution in [0.3, 0.4) is 0 Å². The van der Waals surface area contributed by atoms with Gasteiger partial charge in [-0.15, -0.1) is 0 Å². The van der Waals surface area contributed by atoms with Gasteiger partial charge in [-0.3, -0.25) is 4.79 Å². The number of carboxylic acids is 1. The van der Waals surface area contributed by atoms with Crippen molar-refractivity contribution in [3.05, 3.63) is 89.0 Å². The van der Waals surface area contributed by atoms with Gasteiger partial charge in [-0.05, 0) is 41.0 Å². The van der Waals surface area contributed by atoms with Crippen molar-refractivity contribution in [3.8, 4) is 11.5 Å². The smallest absolute Gasteiger partial charge is 0.258 e. The topological polar surface area (TPSA) is 90.9 Å². The van der Waals surface area contributed by atoms with Crippen LogP contribution in [0.15, 0.2) is 66.7 Å². The summed E-state index contributed by atoms with van der Waals surface area (Å²) in [6, 6.07) is 19.3. The molecule has 1 atom stereocenters. The second kappa shape index (κ2) is 7.11. The van der Waals surface area contributed by atoms with Crippen LogP contribution >= 0.6 is 0 Å². The Labute approximate surface area is 172 Å². The first-order valence-corrected chi connectivity index (χ1v) is 9.46. The van der Waals surface area contributed by atoms with Gasteiger partial charge in [0, 0.05) is 12.2 Å². The van der Waals surface area contributed by atoms with Crippen molar-refractivity contribution in [2.24, 2.45) is 0 Å². The van der Waals surface area contributed by atoms with Crippen LogP contribution in [-0.2, 0) is 6.54 Å². The van der Waals surface area contributed by atoms with E-state index in [1.807, 2.05) is 36.4 Å².